The average molecular weight is 292 g/mol. The Balaban J connectivity index is 2.16. The number of hydrogen-bond acceptors (Lipinski definition) is 1. The highest BCUT2D eigenvalue weighted by Gasteiger charge is 2.38. The van der Waals surface area contributed by atoms with Crippen LogP contribution in [-0.2, 0) is 17.6 Å². The zero-order chi connectivity index (χ0) is 15.7. The van der Waals surface area contributed by atoms with Gasteiger partial charge in [0.1, 0.15) is 5.78 Å². The van der Waals surface area contributed by atoms with Crippen molar-refractivity contribution in [3.63, 3.8) is 0 Å². The van der Waals surface area contributed by atoms with E-state index in [0.29, 0.717) is 18.1 Å². The van der Waals surface area contributed by atoms with Gasteiger partial charge >= 0.3 is 0 Å². The molecule has 2 unspecified atom stereocenters. The molecule has 2 atom stereocenters. The fourth-order valence-corrected chi connectivity index (χ4v) is 3.97. The summed E-state index contributed by atoms with van der Waals surface area (Å²) in [6.07, 6.45) is 1.55. The third kappa shape index (κ3) is 2.49. The number of carbonyl (C=O) groups excluding carboxylic acids is 1. The maximum Gasteiger partial charge on any atom is 0.145 e. The molecule has 0 amide bonds. The van der Waals surface area contributed by atoms with Crippen LogP contribution >= 0.6 is 0 Å². The van der Waals surface area contributed by atoms with Crippen molar-refractivity contribution >= 4 is 5.78 Å². The summed E-state index contributed by atoms with van der Waals surface area (Å²) in [5.41, 5.74) is 5.14. The monoisotopic (exact) mass is 292 g/mol. The molecule has 0 radical (unpaired) electrons. The lowest BCUT2D eigenvalue weighted by molar-refractivity contribution is -0.121. The maximum absolute atomic E-state index is 12.9. The van der Waals surface area contributed by atoms with E-state index in [1.165, 1.54) is 22.3 Å². The Morgan fingerprint density at radius 2 is 1.64 bits per heavy atom. The van der Waals surface area contributed by atoms with Gasteiger partial charge in [-0.3, -0.25) is 4.79 Å². The van der Waals surface area contributed by atoms with Gasteiger partial charge < -0.3 is 0 Å². The Hall–Kier alpha value is -1.89. The van der Waals surface area contributed by atoms with Crippen LogP contribution in [0.2, 0.25) is 0 Å². The number of aryl methyl sites for hydroxylation is 1. The first-order valence-electron chi connectivity index (χ1n) is 8.31. The molecule has 1 heteroatoms. The van der Waals surface area contributed by atoms with Gasteiger partial charge in [-0.1, -0.05) is 69.3 Å². The van der Waals surface area contributed by atoms with Crippen LogP contribution in [0.1, 0.15) is 54.9 Å². The second kappa shape index (κ2) is 6.08. The fraction of sp³-hybridized carbons (Fsp3) is 0.381. The van der Waals surface area contributed by atoms with E-state index in [9.17, 15) is 4.79 Å². The lowest BCUT2D eigenvalue weighted by Crippen LogP contribution is -2.31. The Bertz CT molecular complexity index is 684. The van der Waals surface area contributed by atoms with Crippen LogP contribution in [-0.4, -0.2) is 5.78 Å². The summed E-state index contributed by atoms with van der Waals surface area (Å²) in [5, 5.41) is 0. The van der Waals surface area contributed by atoms with Gasteiger partial charge in [0.15, 0.2) is 0 Å². The van der Waals surface area contributed by atoms with E-state index < -0.39 is 0 Å². The van der Waals surface area contributed by atoms with Crippen molar-refractivity contribution in [1.29, 1.82) is 0 Å². The summed E-state index contributed by atoms with van der Waals surface area (Å²) in [6, 6.07) is 17.0. The molecule has 0 spiro atoms. The summed E-state index contributed by atoms with van der Waals surface area (Å²) in [7, 11) is 0. The molecule has 0 aliphatic heterocycles. The number of Topliss-reactive ketones (excluding diaryl/α,β-unsaturated/α-hetero) is 1. The minimum atomic E-state index is 0.00560. The third-order valence-electron chi connectivity index (χ3n) is 4.97. The second-order valence-corrected chi connectivity index (χ2v) is 6.64. The molecule has 0 saturated heterocycles. The van der Waals surface area contributed by atoms with Crippen molar-refractivity contribution in [3.05, 3.63) is 70.8 Å². The molecular formula is C21H24O. The number of benzene rings is 2. The first kappa shape index (κ1) is 15.0. The van der Waals surface area contributed by atoms with Crippen LogP contribution < -0.4 is 0 Å². The molecule has 0 heterocycles. The first-order valence-corrected chi connectivity index (χ1v) is 8.31. The molecule has 0 bridgehead atoms. The summed E-state index contributed by atoms with van der Waals surface area (Å²) in [6.45, 7) is 6.65. The minimum Gasteiger partial charge on any atom is -0.299 e. The van der Waals surface area contributed by atoms with Gasteiger partial charge in [0.05, 0.1) is 5.92 Å². The molecule has 2 aromatic rings. The minimum absolute atomic E-state index is 0.00560. The van der Waals surface area contributed by atoms with E-state index in [0.717, 1.165) is 6.42 Å². The molecule has 2 aromatic carbocycles. The highest BCUT2D eigenvalue weighted by molar-refractivity contribution is 5.91. The number of rotatable bonds is 3. The molecule has 1 aliphatic rings. The summed E-state index contributed by atoms with van der Waals surface area (Å²) >= 11 is 0. The number of carbonyl (C=O) groups is 1. The molecular weight excluding hydrogens is 268 g/mol. The lowest BCUT2D eigenvalue weighted by atomic mass is 9.66. The van der Waals surface area contributed by atoms with E-state index in [1.54, 1.807) is 0 Å². The van der Waals surface area contributed by atoms with E-state index >= 15 is 0 Å². The topological polar surface area (TPSA) is 17.1 Å². The summed E-state index contributed by atoms with van der Waals surface area (Å²) < 4.78 is 0. The van der Waals surface area contributed by atoms with Crippen LogP contribution in [0.25, 0.3) is 0 Å². The standard InChI is InChI=1S/C21H24O/c1-4-15-9-5-7-11-17(15)21-19(22)13-16-10-6-8-12-18(16)20(21)14(2)3/h5-12,14,20-21H,4,13H2,1-3H3. The number of hydrogen-bond donors (Lipinski definition) is 0. The number of fused-ring (bicyclic) bond motifs is 1. The Morgan fingerprint density at radius 1 is 1.00 bits per heavy atom. The average Bonchev–Trinajstić information content (AvgIpc) is 2.53. The summed E-state index contributed by atoms with van der Waals surface area (Å²) in [4.78, 5) is 12.9. The smallest absolute Gasteiger partial charge is 0.145 e. The molecule has 0 N–H and O–H groups in total. The first-order chi connectivity index (χ1) is 10.6. The van der Waals surface area contributed by atoms with Gasteiger partial charge in [0.2, 0.25) is 0 Å². The fourth-order valence-electron chi connectivity index (χ4n) is 3.97. The van der Waals surface area contributed by atoms with Crippen molar-refractivity contribution in [1.82, 2.24) is 0 Å². The molecule has 0 aromatic heterocycles. The predicted octanol–water partition coefficient (Wildman–Crippen LogP) is 4.90. The highest BCUT2D eigenvalue weighted by Crippen LogP contribution is 2.45. The molecule has 3 rings (SSSR count). The summed E-state index contributed by atoms with van der Waals surface area (Å²) in [5.74, 6) is 1.11. The van der Waals surface area contributed by atoms with Crippen molar-refractivity contribution in [2.24, 2.45) is 5.92 Å². The molecule has 22 heavy (non-hydrogen) atoms. The van der Waals surface area contributed by atoms with E-state index in [2.05, 4.69) is 63.2 Å². The van der Waals surface area contributed by atoms with Gasteiger partial charge in [0, 0.05) is 12.3 Å². The molecule has 1 nitrogen and oxygen atoms in total. The Labute approximate surface area is 133 Å². The molecule has 114 valence electrons. The van der Waals surface area contributed by atoms with Crippen molar-refractivity contribution in [2.75, 3.05) is 0 Å². The zero-order valence-corrected chi connectivity index (χ0v) is 13.7. The van der Waals surface area contributed by atoms with E-state index in [-0.39, 0.29) is 11.8 Å². The largest absolute Gasteiger partial charge is 0.299 e. The lowest BCUT2D eigenvalue weighted by Gasteiger charge is -2.36. The van der Waals surface area contributed by atoms with Crippen LogP contribution in [0.3, 0.4) is 0 Å². The van der Waals surface area contributed by atoms with Crippen molar-refractivity contribution < 1.29 is 4.79 Å². The Morgan fingerprint density at radius 3 is 2.32 bits per heavy atom. The zero-order valence-electron chi connectivity index (χ0n) is 13.7. The molecule has 0 saturated carbocycles. The van der Waals surface area contributed by atoms with Crippen molar-refractivity contribution in [2.45, 2.75) is 45.4 Å². The van der Waals surface area contributed by atoms with Gasteiger partial charge in [-0.15, -0.1) is 0 Å². The normalized spacial score (nSPS) is 21.0. The van der Waals surface area contributed by atoms with Crippen LogP contribution in [0.4, 0.5) is 0 Å². The van der Waals surface area contributed by atoms with Gasteiger partial charge in [-0.05, 0) is 34.6 Å². The highest BCUT2D eigenvalue weighted by atomic mass is 16.1. The number of ketones is 1. The quantitative estimate of drug-likeness (QED) is 0.786. The third-order valence-corrected chi connectivity index (χ3v) is 4.97. The van der Waals surface area contributed by atoms with Gasteiger partial charge in [-0.25, -0.2) is 0 Å². The van der Waals surface area contributed by atoms with E-state index in [4.69, 9.17) is 0 Å². The van der Waals surface area contributed by atoms with Crippen molar-refractivity contribution in [3.8, 4) is 0 Å². The SMILES string of the molecule is CCc1ccccc1C1C(=O)Cc2ccccc2C1C(C)C. The Kier molecular flexibility index (Phi) is 4.15. The second-order valence-electron chi connectivity index (χ2n) is 6.64. The van der Waals surface area contributed by atoms with Crippen LogP contribution in [0.5, 0.6) is 0 Å². The van der Waals surface area contributed by atoms with Gasteiger partial charge in [0.25, 0.3) is 0 Å². The van der Waals surface area contributed by atoms with Gasteiger partial charge in [-0.2, -0.15) is 0 Å². The maximum atomic E-state index is 12.9. The molecule has 0 fully saturated rings. The van der Waals surface area contributed by atoms with E-state index in [1.807, 2.05) is 6.07 Å². The van der Waals surface area contributed by atoms with Crippen LogP contribution in [0, 0.1) is 5.92 Å². The van der Waals surface area contributed by atoms with Crippen LogP contribution in [0.15, 0.2) is 48.5 Å². The molecule has 1 aliphatic carbocycles. The predicted molar refractivity (Wildman–Crippen MR) is 91.3 cm³/mol.